The molecule has 0 spiro atoms. The van der Waals surface area contributed by atoms with E-state index in [1.54, 1.807) is 6.92 Å². The van der Waals surface area contributed by atoms with E-state index < -0.39 is 32.5 Å². The van der Waals surface area contributed by atoms with Crippen LogP contribution in [0.15, 0.2) is 72.9 Å². The molecule has 0 aromatic rings. The number of phosphoric ester groups is 1. The van der Waals surface area contributed by atoms with Crippen molar-refractivity contribution in [2.75, 3.05) is 19.8 Å². The quantitative estimate of drug-likeness (QED) is 0.0303. The van der Waals surface area contributed by atoms with E-state index in [9.17, 15) is 19.0 Å². The molecule has 9 heteroatoms. The molecule has 2 unspecified atom stereocenters. The van der Waals surface area contributed by atoms with Crippen LogP contribution in [0.4, 0.5) is 0 Å². The first-order valence-electron chi connectivity index (χ1n) is 19.2. The van der Waals surface area contributed by atoms with E-state index in [2.05, 4.69) is 86.8 Å². The van der Waals surface area contributed by atoms with Crippen molar-refractivity contribution in [1.82, 2.24) is 0 Å². The average Bonchev–Trinajstić information content (AvgIpc) is 3.09. The standard InChI is InChI=1S/C41H69O8P/c1-4-7-9-11-13-15-17-19-21-23-25-27-29-31-33-35-40(42)46-37-39(38-48-50(44,45)47-6-3)49-41(43)36-34-32-30-28-26-24-22-20-18-16-14-12-10-8-5-2/h7-10,13-16,19-22,39H,4-6,11-12,17-18,23-38H2,1-3H3,(H,44,45)/b9-7-,10-8-,15-13-,16-14-,21-19-,22-20-. The summed E-state index contributed by atoms with van der Waals surface area (Å²) in [6.07, 6.45) is 43.8. The summed E-state index contributed by atoms with van der Waals surface area (Å²) in [7, 11) is -4.29. The highest BCUT2D eigenvalue weighted by atomic mass is 31.2. The number of allylic oxidation sites excluding steroid dienone is 12. The fraction of sp³-hybridized carbons (Fsp3) is 0.659. The van der Waals surface area contributed by atoms with Crippen molar-refractivity contribution >= 4 is 19.8 Å². The van der Waals surface area contributed by atoms with Gasteiger partial charge in [-0.15, -0.1) is 0 Å². The molecule has 0 amide bonds. The van der Waals surface area contributed by atoms with Gasteiger partial charge < -0.3 is 14.4 Å². The van der Waals surface area contributed by atoms with Crippen LogP contribution in [0.2, 0.25) is 0 Å². The third-order valence-corrected chi connectivity index (χ3v) is 8.57. The predicted molar refractivity (Wildman–Crippen MR) is 207 cm³/mol. The Balaban J connectivity index is 4.22. The highest BCUT2D eigenvalue weighted by Gasteiger charge is 2.25. The molecule has 0 bridgehead atoms. The maximum Gasteiger partial charge on any atom is 0.472 e. The van der Waals surface area contributed by atoms with Gasteiger partial charge in [0.15, 0.2) is 6.10 Å². The first-order chi connectivity index (χ1) is 24.3. The Morgan fingerprint density at radius 1 is 0.540 bits per heavy atom. The van der Waals surface area contributed by atoms with Gasteiger partial charge in [0, 0.05) is 12.8 Å². The Morgan fingerprint density at radius 3 is 1.44 bits per heavy atom. The van der Waals surface area contributed by atoms with Gasteiger partial charge in [0.2, 0.25) is 0 Å². The fourth-order valence-corrected chi connectivity index (χ4v) is 5.53. The smallest absolute Gasteiger partial charge is 0.462 e. The van der Waals surface area contributed by atoms with Gasteiger partial charge in [0.1, 0.15) is 6.61 Å². The second-order valence-corrected chi connectivity index (χ2v) is 13.6. The van der Waals surface area contributed by atoms with Crippen LogP contribution in [0, 0.1) is 0 Å². The van der Waals surface area contributed by atoms with E-state index in [4.69, 9.17) is 18.5 Å². The molecule has 0 aromatic carbocycles. The molecular formula is C41H69O8P. The van der Waals surface area contributed by atoms with Crippen molar-refractivity contribution in [3.05, 3.63) is 72.9 Å². The van der Waals surface area contributed by atoms with E-state index in [1.165, 1.54) is 0 Å². The number of rotatable bonds is 34. The third kappa shape index (κ3) is 35.3. The molecule has 0 saturated carbocycles. The van der Waals surface area contributed by atoms with Crippen LogP contribution in [0.1, 0.15) is 149 Å². The number of carbonyl (C=O) groups excluding carboxylic acids is 2. The van der Waals surface area contributed by atoms with Crippen LogP contribution < -0.4 is 0 Å². The molecule has 0 aliphatic rings. The third-order valence-electron chi connectivity index (χ3n) is 7.51. The van der Waals surface area contributed by atoms with Crippen LogP contribution in [0.3, 0.4) is 0 Å². The fourth-order valence-electron chi connectivity index (χ4n) is 4.77. The van der Waals surface area contributed by atoms with Crippen molar-refractivity contribution < 1.29 is 37.6 Å². The van der Waals surface area contributed by atoms with Gasteiger partial charge in [0.25, 0.3) is 0 Å². The van der Waals surface area contributed by atoms with Gasteiger partial charge in [-0.1, -0.05) is 125 Å². The summed E-state index contributed by atoms with van der Waals surface area (Å²) in [5.74, 6) is -0.846. The molecule has 0 radical (unpaired) electrons. The molecule has 0 rings (SSSR count). The molecule has 0 aromatic heterocycles. The average molecular weight is 721 g/mol. The summed E-state index contributed by atoms with van der Waals surface area (Å²) >= 11 is 0. The maximum absolute atomic E-state index is 12.5. The highest BCUT2D eigenvalue weighted by Crippen LogP contribution is 2.43. The van der Waals surface area contributed by atoms with Crippen molar-refractivity contribution in [1.29, 1.82) is 0 Å². The number of ether oxygens (including phenoxy) is 2. The van der Waals surface area contributed by atoms with Gasteiger partial charge >= 0.3 is 19.8 Å². The molecular weight excluding hydrogens is 651 g/mol. The number of phosphoric acid groups is 1. The number of hydrogen-bond acceptors (Lipinski definition) is 7. The van der Waals surface area contributed by atoms with Crippen molar-refractivity contribution in [2.24, 2.45) is 0 Å². The number of esters is 2. The van der Waals surface area contributed by atoms with Crippen LogP contribution in [0.5, 0.6) is 0 Å². The molecule has 50 heavy (non-hydrogen) atoms. The molecule has 0 heterocycles. The summed E-state index contributed by atoms with van der Waals surface area (Å²) in [6, 6.07) is 0. The lowest BCUT2D eigenvalue weighted by atomic mass is 10.1. The summed E-state index contributed by atoms with van der Waals surface area (Å²) in [5.41, 5.74) is 0. The Bertz CT molecular complexity index is 1040. The molecule has 1 N–H and O–H groups in total. The molecule has 0 aliphatic carbocycles. The van der Waals surface area contributed by atoms with Gasteiger partial charge in [0.05, 0.1) is 13.2 Å². The minimum atomic E-state index is -4.29. The molecule has 286 valence electrons. The SMILES string of the molecule is CC/C=C\C/C=C\C/C=C\CCCCCCCC(=O)OCC(COP(=O)(O)OCC)OC(=O)CCCCCCC/C=C\C/C=C\C/C=C\CC. The zero-order chi connectivity index (χ0) is 36.8. The van der Waals surface area contributed by atoms with Gasteiger partial charge in [-0.2, -0.15) is 0 Å². The molecule has 2 atom stereocenters. The first-order valence-corrected chi connectivity index (χ1v) is 20.7. The van der Waals surface area contributed by atoms with Gasteiger partial charge in [-0.3, -0.25) is 18.6 Å². The van der Waals surface area contributed by atoms with Crippen LogP contribution in [-0.2, 0) is 32.7 Å². The highest BCUT2D eigenvalue weighted by molar-refractivity contribution is 7.47. The largest absolute Gasteiger partial charge is 0.472 e. The Morgan fingerprint density at radius 2 is 0.960 bits per heavy atom. The molecule has 0 saturated heterocycles. The van der Waals surface area contributed by atoms with E-state index in [0.717, 1.165) is 103 Å². The lowest BCUT2D eigenvalue weighted by Crippen LogP contribution is -2.29. The van der Waals surface area contributed by atoms with Crippen LogP contribution in [0.25, 0.3) is 0 Å². The zero-order valence-electron chi connectivity index (χ0n) is 31.5. The van der Waals surface area contributed by atoms with Crippen LogP contribution >= 0.6 is 7.82 Å². The monoisotopic (exact) mass is 720 g/mol. The van der Waals surface area contributed by atoms with Crippen molar-refractivity contribution in [2.45, 2.75) is 155 Å². The normalized spacial score (nSPS) is 14.2. The van der Waals surface area contributed by atoms with E-state index >= 15 is 0 Å². The minimum Gasteiger partial charge on any atom is -0.462 e. The van der Waals surface area contributed by atoms with Crippen LogP contribution in [-0.4, -0.2) is 42.8 Å². The zero-order valence-corrected chi connectivity index (χ0v) is 32.4. The van der Waals surface area contributed by atoms with E-state index in [0.29, 0.717) is 12.8 Å². The Labute approximate surface area is 304 Å². The first kappa shape index (κ1) is 47.5. The van der Waals surface area contributed by atoms with Gasteiger partial charge in [-0.25, -0.2) is 4.57 Å². The maximum atomic E-state index is 12.5. The number of unbranched alkanes of at least 4 members (excludes halogenated alkanes) is 10. The summed E-state index contributed by atoms with van der Waals surface area (Å²) in [5, 5.41) is 0. The van der Waals surface area contributed by atoms with E-state index in [-0.39, 0.29) is 26.1 Å². The van der Waals surface area contributed by atoms with Gasteiger partial charge in [-0.05, 0) is 84.0 Å². The van der Waals surface area contributed by atoms with E-state index in [1.807, 2.05) is 0 Å². The summed E-state index contributed by atoms with van der Waals surface area (Å²) in [6.45, 7) is 5.18. The molecule has 8 nitrogen and oxygen atoms in total. The number of hydrogen-bond donors (Lipinski definition) is 1. The summed E-state index contributed by atoms with van der Waals surface area (Å²) < 4.78 is 32.5. The molecule has 0 aliphatic heterocycles. The lowest BCUT2D eigenvalue weighted by Gasteiger charge is -2.19. The topological polar surface area (TPSA) is 108 Å². The Kier molecular flexibility index (Phi) is 34.5. The predicted octanol–water partition coefficient (Wildman–Crippen LogP) is 11.8. The lowest BCUT2D eigenvalue weighted by molar-refractivity contribution is -0.161. The second kappa shape index (κ2) is 36.3. The summed E-state index contributed by atoms with van der Waals surface area (Å²) in [4.78, 5) is 34.6. The van der Waals surface area contributed by atoms with Crippen molar-refractivity contribution in [3.8, 4) is 0 Å². The minimum absolute atomic E-state index is 0.0101. The second-order valence-electron chi connectivity index (χ2n) is 12.2. The van der Waals surface area contributed by atoms with Crippen molar-refractivity contribution in [3.63, 3.8) is 0 Å². The Hall–Kier alpha value is -2.51. The molecule has 0 fully saturated rings. The number of carbonyl (C=O) groups is 2.